The first-order valence-corrected chi connectivity index (χ1v) is 0. The fourth-order valence-electron chi connectivity index (χ4n) is 0. The van der Waals surface area contributed by atoms with Gasteiger partial charge < -0.3 is 0 Å². The summed E-state index contributed by atoms with van der Waals surface area (Å²) in [5.74, 6) is 0. The minimum atomic E-state index is 0. The summed E-state index contributed by atoms with van der Waals surface area (Å²) in [5, 5.41) is 0. The van der Waals surface area contributed by atoms with E-state index in [-0.39, 0.29) is 92.7 Å². The minimum Gasteiger partial charge on any atom is 0 e. The summed E-state index contributed by atoms with van der Waals surface area (Å²) >= 11 is 0. The molecule has 0 N–H and O–H groups in total. The van der Waals surface area contributed by atoms with Crippen molar-refractivity contribution in [3.05, 3.63) is 0 Å². The molecular weight excluding hydrogens is 527 g/mol. The van der Waals surface area contributed by atoms with E-state index in [9.17, 15) is 0 Å². The van der Waals surface area contributed by atoms with Gasteiger partial charge >= 0.3 is 0 Å². The Morgan fingerprint density at radius 1 is 1.00 bits per heavy atom. The average molecular weight is 527 g/mol. The first kappa shape index (κ1) is 27.7. The van der Waals surface area contributed by atoms with Crippen molar-refractivity contribution in [3.8, 4) is 0 Å². The van der Waals surface area contributed by atoms with Gasteiger partial charge in [0.05, 0.1) is 0 Å². The molecule has 0 amide bonds. The molecule has 0 saturated heterocycles. The third-order valence-electron chi connectivity index (χ3n) is 0. The van der Waals surface area contributed by atoms with Gasteiger partial charge in [-0.1, -0.05) is 0 Å². The van der Waals surface area contributed by atoms with Crippen molar-refractivity contribution in [2.45, 2.75) is 0 Å². The standard InChI is InChI=1S/Pb.Sb.Se.Sn. The van der Waals surface area contributed by atoms with Gasteiger partial charge in [-0.25, -0.2) is 0 Å². The van der Waals surface area contributed by atoms with E-state index in [2.05, 4.69) is 0 Å². The van der Waals surface area contributed by atoms with Crippen LogP contribution in [0.25, 0.3) is 0 Å². The molecular formula is PbSbSeSn. The summed E-state index contributed by atoms with van der Waals surface area (Å²) < 4.78 is 0. The largest absolute Gasteiger partial charge is 0 e. The van der Waals surface area contributed by atoms with E-state index in [0.717, 1.165) is 0 Å². The molecule has 0 atom stereocenters. The molecule has 0 saturated carbocycles. The first-order valence-electron chi connectivity index (χ1n) is 0. The number of rotatable bonds is 0. The van der Waals surface area contributed by atoms with Gasteiger partial charge in [0.2, 0.25) is 0 Å². The summed E-state index contributed by atoms with van der Waals surface area (Å²) in [6.07, 6.45) is 0. The van der Waals surface area contributed by atoms with Crippen LogP contribution in [-0.4, -0.2) is 92.7 Å². The summed E-state index contributed by atoms with van der Waals surface area (Å²) in [4.78, 5) is 0. The Hall–Kier alpha value is 3.06. The van der Waals surface area contributed by atoms with Crippen molar-refractivity contribution in [3.63, 3.8) is 0 Å². The summed E-state index contributed by atoms with van der Waals surface area (Å²) in [7, 11) is 0. The molecule has 0 nitrogen and oxygen atoms in total. The summed E-state index contributed by atoms with van der Waals surface area (Å²) in [5.41, 5.74) is 0. The molecule has 0 aliphatic rings. The molecule has 0 aromatic carbocycles. The van der Waals surface area contributed by atoms with E-state index in [1.165, 1.54) is 0 Å². The fraction of sp³-hybridized carbons (Fsp3) is 0. The molecule has 4 heteroatoms. The second kappa shape index (κ2) is 16.6. The van der Waals surface area contributed by atoms with Gasteiger partial charge in [-0.2, -0.15) is 0 Å². The van der Waals surface area contributed by atoms with E-state index in [0.29, 0.717) is 0 Å². The van der Waals surface area contributed by atoms with Gasteiger partial charge in [0.15, 0.2) is 0 Å². The normalized spacial score (nSPS) is 0. The van der Waals surface area contributed by atoms with E-state index in [1.54, 1.807) is 0 Å². The quantitative estimate of drug-likeness (QED) is 0.337. The Kier molecular flexibility index (Phi) is 115. The fourth-order valence-corrected chi connectivity index (χ4v) is 0. The Balaban J connectivity index is 0. The minimum absolute atomic E-state index is 0. The average Bonchev–Trinajstić information content (AvgIpc) is 0. The molecule has 0 fully saturated rings. The number of hydrogen-bond donors (Lipinski definition) is 0. The van der Waals surface area contributed by atoms with Gasteiger partial charge in [0.1, 0.15) is 0 Å². The van der Waals surface area contributed by atoms with Crippen LogP contribution in [0.3, 0.4) is 0 Å². The molecule has 19 valence electrons. The van der Waals surface area contributed by atoms with Crippen LogP contribution >= 0.6 is 0 Å². The zero-order chi connectivity index (χ0) is 0. The van der Waals surface area contributed by atoms with E-state index < -0.39 is 0 Å². The Morgan fingerprint density at radius 3 is 1.00 bits per heavy atom. The van der Waals surface area contributed by atoms with Crippen molar-refractivity contribution in [2.75, 3.05) is 0 Å². The third kappa shape index (κ3) is 8.91. The Bertz CT molecular complexity index is 8.00. The zero-order valence-electron chi connectivity index (χ0n) is 1.86. The molecule has 0 spiro atoms. The van der Waals surface area contributed by atoms with Crippen molar-refractivity contribution in [2.24, 2.45) is 0 Å². The van der Waals surface area contributed by atoms with Crippen molar-refractivity contribution in [1.82, 2.24) is 0 Å². The van der Waals surface area contributed by atoms with Gasteiger partial charge in [-0.3, -0.25) is 0 Å². The predicted molar refractivity (Wildman–Crippen MR) is 23.0 cm³/mol. The van der Waals surface area contributed by atoms with E-state index in [1.807, 2.05) is 0 Å². The van der Waals surface area contributed by atoms with Crippen LogP contribution < -0.4 is 0 Å². The first-order chi connectivity index (χ1) is 0. The van der Waals surface area contributed by atoms with Gasteiger partial charge in [0, 0.05) is 92.7 Å². The zero-order valence-corrected chi connectivity index (χ0v) is 12.9. The molecule has 0 aromatic rings. The van der Waals surface area contributed by atoms with Gasteiger partial charge in [0.25, 0.3) is 0 Å². The van der Waals surface area contributed by atoms with Crippen LogP contribution in [0.2, 0.25) is 0 Å². The molecule has 0 aromatic heterocycles. The monoisotopic (exact) mass is 529 g/mol. The predicted octanol–water partition coefficient (Wildman–Crippen LogP) is -1.52. The smallest absolute Gasteiger partial charge is 0 e. The molecule has 0 bridgehead atoms. The SMILES string of the molecule is [Pb].[Sb].[Se].[Sn]. The van der Waals surface area contributed by atoms with E-state index >= 15 is 0 Å². The third-order valence-corrected chi connectivity index (χ3v) is 0. The Labute approximate surface area is 90.9 Å². The molecule has 4 heavy (non-hydrogen) atoms. The van der Waals surface area contributed by atoms with Gasteiger partial charge in [-0.05, 0) is 0 Å². The van der Waals surface area contributed by atoms with Crippen LogP contribution in [0.5, 0.6) is 0 Å². The van der Waals surface area contributed by atoms with Crippen LogP contribution in [0.1, 0.15) is 0 Å². The Morgan fingerprint density at radius 2 is 1.00 bits per heavy atom. The molecule has 0 rings (SSSR count). The summed E-state index contributed by atoms with van der Waals surface area (Å²) in [6.45, 7) is 0. The second-order valence-corrected chi connectivity index (χ2v) is 0. The maximum atomic E-state index is 0. The topological polar surface area (TPSA) is 0 Å². The van der Waals surface area contributed by atoms with Crippen molar-refractivity contribution >= 4 is 92.7 Å². The maximum Gasteiger partial charge on any atom is 0 e. The molecule has 0 unspecified atom stereocenters. The van der Waals surface area contributed by atoms with Crippen molar-refractivity contribution < 1.29 is 0 Å². The van der Waals surface area contributed by atoms with E-state index in [4.69, 9.17) is 0 Å². The molecule has 0 heterocycles. The molecule has 0 aliphatic carbocycles. The maximum absolute atomic E-state index is 0. The van der Waals surface area contributed by atoms with Crippen molar-refractivity contribution in [1.29, 1.82) is 0 Å². The summed E-state index contributed by atoms with van der Waals surface area (Å²) in [6, 6.07) is 0. The molecule has 13 radical (unpaired) electrons. The van der Waals surface area contributed by atoms with Crippen LogP contribution in [0.4, 0.5) is 0 Å². The van der Waals surface area contributed by atoms with Crippen LogP contribution in [0.15, 0.2) is 0 Å². The van der Waals surface area contributed by atoms with Crippen LogP contribution in [-0.2, 0) is 0 Å². The molecule has 0 aliphatic heterocycles. The van der Waals surface area contributed by atoms with Gasteiger partial charge in [-0.15, -0.1) is 0 Å². The van der Waals surface area contributed by atoms with Crippen LogP contribution in [0, 0.1) is 0 Å². The second-order valence-electron chi connectivity index (χ2n) is 0. The number of hydrogen-bond acceptors (Lipinski definition) is 0.